The van der Waals surface area contributed by atoms with Crippen molar-refractivity contribution in [3.63, 3.8) is 0 Å². The Morgan fingerprint density at radius 3 is 2.65 bits per heavy atom. The molecule has 2 aromatic carbocycles. The van der Waals surface area contributed by atoms with Gasteiger partial charge in [0.05, 0.1) is 5.39 Å². The highest BCUT2D eigenvalue weighted by Crippen LogP contribution is 2.28. The number of benzene rings is 2. The van der Waals surface area contributed by atoms with Gasteiger partial charge in [-0.2, -0.15) is 0 Å². The molecule has 0 aliphatic rings. The summed E-state index contributed by atoms with van der Waals surface area (Å²) in [5, 5.41) is 2.10. The van der Waals surface area contributed by atoms with Crippen LogP contribution in [-0.4, -0.2) is 15.0 Å². The number of thioether (sulfide) groups is 1. The average Bonchev–Trinajstić information content (AvgIpc) is 3.10. The Morgan fingerprint density at radius 2 is 1.74 bits per heavy atom. The van der Waals surface area contributed by atoms with Gasteiger partial charge in [-0.25, -0.2) is 9.97 Å². The van der Waals surface area contributed by atoms with Gasteiger partial charge in [0, 0.05) is 11.9 Å². The highest BCUT2D eigenvalue weighted by Gasteiger charge is 2.06. The zero-order valence-electron chi connectivity index (χ0n) is 12.4. The molecular formula is C19H15N3S. The van der Waals surface area contributed by atoms with Crippen LogP contribution in [0.5, 0.6) is 0 Å². The lowest BCUT2D eigenvalue weighted by atomic mass is 10.0. The van der Waals surface area contributed by atoms with E-state index in [4.69, 9.17) is 0 Å². The van der Waals surface area contributed by atoms with E-state index in [1.807, 2.05) is 18.3 Å². The number of H-pyrrole nitrogens is 1. The van der Waals surface area contributed by atoms with Crippen molar-refractivity contribution >= 4 is 22.8 Å². The molecule has 4 rings (SSSR count). The van der Waals surface area contributed by atoms with Crippen molar-refractivity contribution in [1.29, 1.82) is 0 Å². The molecule has 4 heteroatoms. The number of aromatic nitrogens is 3. The largest absolute Gasteiger partial charge is 0.346 e. The summed E-state index contributed by atoms with van der Waals surface area (Å²) in [5.74, 6) is 0.887. The maximum atomic E-state index is 4.41. The molecule has 2 heterocycles. The average molecular weight is 317 g/mol. The van der Waals surface area contributed by atoms with E-state index >= 15 is 0 Å². The first-order valence-corrected chi connectivity index (χ1v) is 8.44. The van der Waals surface area contributed by atoms with Crippen LogP contribution in [0.4, 0.5) is 0 Å². The van der Waals surface area contributed by atoms with Crippen LogP contribution in [0.2, 0.25) is 0 Å². The molecule has 0 aliphatic carbocycles. The summed E-state index contributed by atoms with van der Waals surface area (Å²) < 4.78 is 0. The first-order valence-electron chi connectivity index (χ1n) is 7.45. The van der Waals surface area contributed by atoms with E-state index in [9.17, 15) is 0 Å². The molecule has 2 aromatic heterocycles. The minimum Gasteiger partial charge on any atom is -0.346 e. The molecule has 4 aromatic rings. The van der Waals surface area contributed by atoms with Crippen LogP contribution in [0.1, 0.15) is 5.56 Å². The van der Waals surface area contributed by atoms with Gasteiger partial charge in [-0.1, -0.05) is 54.6 Å². The number of rotatable bonds is 4. The van der Waals surface area contributed by atoms with Gasteiger partial charge in [-0.15, -0.1) is 11.8 Å². The number of hydrogen-bond acceptors (Lipinski definition) is 3. The van der Waals surface area contributed by atoms with Crippen LogP contribution in [0, 0.1) is 0 Å². The van der Waals surface area contributed by atoms with Crippen molar-refractivity contribution in [2.75, 3.05) is 0 Å². The van der Waals surface area contributed by atoms with Gasteiger partial charge in [-0.3, -0.25) is 0 Å². The summed E-state index contributed by atoms with van der Waals surface area (Å²) in [6, 6.07) is 21.2. The lowest BCUT2D eigenvalue weighted by Gasteiger charge is -2.06. The quantitative estimate of drug-likeness (QED) is 0.429. The van der Waals surface area contributed by atoms with Crippen molar-refractivity contribution < 1.29 is 0 Å². The van der Waals surface area contributed by atoms with E-state index < -0.39 is 0 Å². The van der Waals surface area contributed by atoms with Gasteiger partial charge in [0.15, 0.2) is 0 Å². The first kappa shape index (κ1) is 14.0. The van der Waals surface area contributed by atoms with E-state index in [1.54, 1.807) is 18.1 Å². The van der Waals surface area contributed by atoms with Crippen LogP contribution in [0.15, 0.2) is 78.2 Å². The van der Waals surface area contributed by atoms with Crippen LogP contribution in [0.3, 0.4) is 0 Å². The van der Waals surface area contributed by atoms with Crippen LogP contribution in [0.25, 0.3) is 22.2 Å². The standard InChI is InChI=1S/C19H15N3S/c1-2-6-15(7-3-1)16-8-4-5-14(11-16)12-23-19-17-9-10-20-18(17)21-13-22-19/h1-11,13H,12H2,(H,20,21,22). The van der Waals surface area contributed by atoms with Gasteiger partial charge >= 0.3 is 0 Å². The smallest absolute Gasteiger partial charge is 0.141 e. The minimum absolute atomic E-state index is 0.887. The third kappa shape index (κ3) is 2.98. The van der Waals surface area contributed by atoms with E-state index in [1.165, 1.54) is 16.7 Å². The van der Waals surface area contributed by atoms with Gasteiger partial charge < -0.3 is 4.98 Å². The molecule has 3 nitrogen and oxygen atoms in total. The fourth-order valence-corrected chi connectivity index (χ4v) is 3.51. The maximum absolute atomic E-state index is 4.41. The van der Waals surface area contributed by atoms with Gasteiger partial charge in [0.25, 0.3) is 0 Å². The Labute approximate surface area is 138 Å². The Bertz CT molecular complexity index is 931. The van der Waals surface area contributed by atoms with Gasteiger partial charge in [-0.05, 0) is 22.8 Å². The van der Waals surface area contributed by atoms with Crippen molar-refractivity contribution in [3.8, 4) is 11.1 Å². The molecule has 0 fully saturated rings. The summed E-state index contributed by atoms with van der Waals surface area (Å²) in [4.78, 5) is 11.8. The second-order valence-corrected chi connectivity index (χ2v) is 6.24. The third-order valence-electron chi connectivity index (χ3n) is 3.73. The molecule has 0 saturated carbocycles. The molecule has 1 N–H and O–H groups in total. The van der Waals surface area contributed by atoms with Crippen LogP contribution in [-0.2, 0) is 5.75 Å². The van der Waals surface area contributed by atoms with E-state index in [-0.39, 0.29) is 0 Å². The summed E-state index contributed by atoms with van der Waals surface area (Å²) in [6.07, 6.45) is 3.51. The predicted molar refractivity (Wildman–Crippen MR) is 95.3 cm³/mol. The molecule has 0 bridgehead atoms. The normalized spacial score (nSPS) is 11.0. The first-order chi connectivity index (χ1) is 11.4. The molecule has 0 radical (unpaired) electrons. The second kappa shape index (κ2) is 6.26. The highest BCUT2D eigenvalue weighted by atomic mass is 32.2. The van der Waals surface area contributed by atoms with Crippen molar-refractivity contribution in [1.82, 2.24) is 15.0 Å². The highest BCUT2D eigenvalue weighted by molar-refractivity contribution is 7.98. The SMILES string of the molecule is c1ccc(-c2cccc(CSc3ncnc4[nH]ccc34)c2)cc1. The molecular weight excluding hydrogens is 302 g/mol. The molecule has 23 heavy (non-hydrogen) atoms. The Balaban J connectivity index is 1.57. The van der Waals surface area contributed by atoms with Gasteiger partial charge in [0.1, 0.15) is 17.0 Å². The van der Waals surface area contributed by atoms with Crippen molar-refractivity contribution in [3.05, 3.63) is 78.8 Å². The Kier molecular flexibility index (Phi) is 3.82. The number of nitrogens with zero attached hydrogens (tertiary/aromatic N) is 2. The zero-order valence-corrected chi connectivity index (χ0v) is 13.3. The van der Waals surface area contributed by atoms with E-state index in [0.717, 1.165) is 21.8 Å². The third-order valence-corrected chi connectivity index (χ3v) is 4.80. The lowest BCUT2D eigenvalue weighted by molar-refractivity contribution is 1.09. The Hall–Kier alpha value is -2.59. The number of aromatic amines is 1. The second-order valence-electron chi connectivity index (χ2n) is 5.27. The fraction of sp³-hybridized carbons (Fsp3) is 0.0526. The molecule has 0 atom stereocenters. The van der Waals surface area contributed by atoms with Crippen molar-refractivity contribution in [2.24, 2.45) is 0 Å². The molecule has 0 aliphatic heterocycles. The van der Waals surface area contributed by atoms with Crippen LogP contribution < -0.4 is 0 Å². The van der Waals surface area contributed by atoms with Crippen LogP contribution >= 0.6 is 11.8 Å². The molecule has 0 amide bonds. The topological polar surface area (TPSA) is 41.6 Å². The van der Waals surface area contributed by atoms with Crippen molar-refractivity contribution in [2.45, 2.75) is 10.8 Å². The minimum atomic E-state index is 0.887. The lowest BCUT2D eigenvalue weighted by Crippen LogP contribution is -1.87. The van der Waals surface area contributed by atoms with E-state index in [2.05, 4.69) is 63.5 Å². The fourth-order valence-electron chi connectivity index (χ4n) is 2.59. The summed E-state index contributed by atoms with van der Waals surface area (Å²) in [5.41, 5.74) is 4.67. The zero-order chi connectivity index (χ0) is 15.5. The summed E-state index contributed by atoms with van der Waals surface area (Å²) in [7, 11) is 0. The number of hydrogen-bond donors (Lipinski definition) is 1. The predicted octanol–water partition coefficient (Wildman–Crippen LogP) is 4.92. The molecule has 0 unspecified atom stereocenters. The molecule has 0 saturated heterocycles. The van der Waals surface area contributed by atoms with Gasteiger partial charge in [0.2, 0.25) is 0 Å². The maximum Gasteiger partial charge on any atom is 0.141 e. The molecule has 112 valence electrons. The number of nitrogens with one attached hydrogen (secondary N) is 1. The molecule has 0 spiro atoms. The summed E-state index contributed by atoms with van der Waals surface area (Å²) in [6.45, 7) is 0. The summed E-state index contributed by atoms with van der Waals surface area (Å²) >= 11 is 1.74. The Morgan fingerprint density at radius 1 is 0.870 bits per heavy atom. The monoisotopic (exact) mass is 317 g/mol. The van der Waals surface area contributed by atoms with E-state index in [0.29, 0.717) is 0 Å². The number of fused-ring (bicyclic) bond motifs is 1.